The molecule has 2 heteroatoms. The third kappa shape index (κ3) is 2.96. The molecule has 0 aromatic rings. The van der Waals surface area contributed by atoms with Crippen molar-refractivity contribution in [2.24, 2.45) is 5.41 Å². The minimum Gasteiger partial charge on any atom is -0.392 e. The highest BCUT2D eigenvalue weighted by atomic mass is 16.3. The Bertz CT molecular complexity index is 160. The maximum absolute atomic E-state index is 10.1. The Hall–Kier alpha value is -0.0800. The summed E-state index contributed by atoms with van der Waals surface area (Å²) in [6.07, 6.45) is 3.27. The molecule has 0 aliphatic heterocycles. The molecule has 0 aromatic heterocycles. The maximum Gasteiger partial charge on any atom is 0.0669 e. The maximum atomic E-state index is 10.1. The molecule has 0 aliphatic rings. The van der Waals surface area contributed by atoms with Crippen molar-refractivity contribution in [3.05, 3.63) is 0 Å². The average Bonchev–Trinajstić information content (AvgIpc) is 2.10. The van der Waals surface area contributed by atoms with E-state index in [2.05, 4.69) is 6.92 Å². The lowest BCUT2D eigenvalue weighted by Crippen LogP contribution is -2.49. The summed E-state index contributed by atoms with van der Waals surface area (Å²) in [7, 11) is 0. The molecule has 2 nitrogen and oxygen atoms in total. The van der Waals surface area contributed by atoms with E-state index in [1.165, 1.54) is 0 Å². The van der Waals surface area contributed by atoms with Gasteiger partial charge in [-0.2, -0.15) is 0 Å². The summed E-state index contributed by atoms with van der Waals surface area (Å²) in [5.41, 5.74) is -1.23. The Morgan fingerprint density at radius 2 is 1.64 bits per heavy atom. The van der Waals surface area contributed by atoms with Crippen LogP contribution in [-0.4, -0.2) is 21.9 Å². The largest absolute Gasteiger partial charge is 0.392 e. The Morgan fingerprint density at radius 1 is 1.14 bits per heavy atom. The van der Waals surface area contributed by atoms with Crippen molar-refractivity contribution >= 4 is 0 Å². The van der Waals surface area contributed by atoms with E-state index < -0.39 is 17.1 Å². The van der Waals surface area contributed by atoms with Crippen LogP contribution in [0, 0.1) is 5.41 Å². The molecule has 0 heterocycles. The van der Waals surface area contributed by atoms with Crippen LogP contribution >= 0.6 is 0 Å². The standard InChI is InChI=1S/C12H26O2/c1-6-8-9-10(13)12(5,7-2)11(3,4)14/h10,13-14H,6-9H2,1-5H3. The van der Waals surface area contributed by atoms with Gasteiger partial charge in [0.05, 0.1) is 11.7 Å². The zero-order chi connectivity index (χ0) is 11.4. The number of hydrogen-bond donors (Lipinski definition) is 2. The summed E-state index contributed by atoms with van der Waals surface area (Å²) < 4.78 is 0. The first-order valence-corrected chi connectivity index (χ1v) is 5.70. The van der Waals surface area contributed by atoms with Crippen LogP contribution in [0.4, 0.5) is 0 Å². The quantitative estimate of drug-likeness (QED) is 0.695. The number of unbranched alkanes of at least 4 members (excludes halogenated alkanes) is 1. The first-order chi connectivity index (χ1) is 6.29. The van der Waals surface area contributed by atoms with Gasteiger partial charge in [0.2, 0.25) is 0 Å². The zero-order valence-corrected chi connectivity index (χ0v) is 10.3. The van der Waals surface area contributed by atoms with E-state index in [4.69, 9.17) is 0 Å². The van der Waals surface area contributed by atoms with Gasteiger partial charge in [0.25, 0.3) is 0 Å². The van der Waals surface area contributed by atoms with Crippen molar-refractivity contribution in [2.45, 2.75) is 72.0 Å². The van der Waals surface area contributed by atoms with Gasteiger partial charge in [0.15, 0.2) is 0 Å². The molecule has 0 bridgehead atoms. The number of hydrogen-bond acceptors (Lipinski definition) is 2. The van der Waals surface area contributed by atoms with Gasteiger partial charge in [-0.3, -0.25) is 0 Å². The Labute approximate surface area is 88.3 Å². The molecule has 86 valence electrons. The topological polar surface area (TPSA) is 40.5 Å². The van der Waals surface area contributed by atoms with Crippen LogP contribution in [-0.2, 0) is 0 Å². The fourth-order valence-corrected chi connectivity index (χ4v) is 1.79. The van der Waals surface area contributed by atoms with Crippen molar-refractivity contribution < 1.29 is 10.2 Å². The fraction of sp³-hybridized carbons (Fsp3) is 1.00. The van der Waals surface area contributed by atoms with Gasteiger partial charge in [-0.1, -0.05) is 33.6 Å². The predicted molar refractivity (Wildman–Crippen MR) is 60.2 cm³/mol. The van der Waals surface area contributed by atoms with E-state index >= 15 is 0 Å². The van der Waals surface area contributed by atoms with Gasteiger partial charge in [-0.25, -0.2) is 0 Å². The van der Waals surface area contributed by atoms with E-state index in [0.717, 1.165) is 25.7 Å². The van der Waals surface area contributed by atoms with E-state index in [-0.39, 0.29) is 0 Å². The van der Waals surface area contributed by atoms with E-state index in [1.807, 2.05) is 13.8 Å². The third-order valence-corrected chi connectivity index (χ3v) is 3.70. The van der Waals surface area contributed by atoms with Crippen molar-refractivity contribution in [2.75, 3.05) is 0 Å². The van der Waals surface area contributed by atoms with Gasteiger partial charge in [-0.15, -0.1) is 0 Å². The first-order valence-electron chi connectivity index (χ1n) is 5.70. The molecular weight excluding hydrogens is 176 g/mol. The Balaban J connectivity index is 4.51. The summed E-state index contributed by atoms with van der Waals surface area (Å²) in [6.45, 7) is 9.66. The van der Waals surface area contributed by atoms with E-state index in [0.29, 0.717) is 0 Å². The SMILES string of the molecule is CCCCC(O)C(C)(CC)C(C)(C)O. The van der Waals surface area contributed by atoms with E-state index in [1.54, 1.807) is 13.8 Å². The molecule has 2 atom stereocenters. The molecule has 0 saturated carbocycles. The lowest BCUT2D eigenvalue weighted by molar-refractivity contribution is -0.118. The third-order valence-electron chi connectivity index (χ3n) is 3.70. The van der Waals surface area contributed by atoms with Crippen molar-refractivity contribution in [3.63, 3.8) is 0 Å². The smallest absolute Gasteiger partial charge is 0.0669 e. The van der Waals surface area contributed by atoms with Crippen LogP contribution in [0.25, 0.3) is 0 Å². The molecule has 0 saturated heterocycles. The minimum atomic E-state index is -0.824. The second-order valence-corrected chi connectivity index (χ2v) is 4.99. The van der Waals surface area contributed by atoms with Crippen LogP contribution in [0.15, 0.2) is 0 Å². The summed E-state index contributed by atoms with van der Waals surface area (Å²) >= 11 is 0. The van der Waals surface area contributed by atoms with Gasteiger partial charge in [-0.05, 0) is 26.7 Å². The van der Waals surface area contributed by atoms with Gasteiger partial charge in [0, 0.05) is 5.41 Å². The van der Waals surface area contributed by atoms with Gasteiger partial charge < -0.3 is 10.2 Å². The van der Waals surface area contributed by atoms with Crippen molar-refractivity contribution in [3.8, 4) is 0 Å². The molecule has 0 amide bonds. The molecule has 0 aliphatic carbocycles. The monoisotopic (exact) mass is 202 g/mol. The van der Waals surface area contributed by atoms with Crippen LogP contribution in [0.3, 0.4) is 0 Å². The minimum absolute atomic E-state index is 0.401. The molecule has 0 radical (unpaired) electrons. The van der Waals surface area contributed by atoms with Crippen LogP contribution in [0.5, 0.6) is 0 Å². The Kier molecular flexibility index (Phi) is 5.10. The molecule has 2 N–H and O–H groups in total. The van der Waals surface area contributed by atoms with Crippen molar-refractivity contribution in [1.29, 1.82) is 0 Å². The summed E-state index contributed by atoms with van der Waals surface area (Å²) in [6, 6.07) is 0. The normalized spacial score (nSPS) is 19.1. The second-order valence-electron chi connectivity index (χ2n) is 4.99. The molecule has 14 heavy (non-hydrogen) atoms. The highest BCUT2D eigenvalue weighted by Crippen LogP contribution is 2.39. The highest BCUT2D eigenvalue weighted by Gasteiger charge is 2.43. The van der Waals surface area contributed by atoms with Gasteiger partial charge >= 0.3 is 0 Å². The average molecular weight is 202 g/mol. The van der Waals surface area contributed by atoms with Crippen LogP contribution in [0.1, 0.15) is 60.3 Å². The van der Waals surface area contributed by atoms with Crippen molar-refractivity contribution in [1.82, 2.24) is 0 Å². The van der Waals surface area contributed by atoms with Crippen LogP contribution < -0.4 is 0 Å². The fourth-order valence-electron chi connectivity index (χ4n) is 1.79. The zero-order valence-electron chi connectivity index (χ0n) is 10.3. The highest BCUT2D eigenvalue weighted by molar-refractivity contribution is 4.93. The molecule has 0 spiro atoms. The number of aliphatic hydroxyl groups excluding tert-OH is 1. The number of aliphatic hydroxyl groups is 2. The lowest BCUT2D eigenvalue weighted by Gasteiger charge is -2.43. The number of rotatable bonds is 6. The molecule has 0 rings (SSSR count). The predicted octanol–water partition coefficient (Wildman–Crippen LogP) is 2.72. The summed E-state index contributed by atoms with van der Waals surface area (Å²) in [4.78, 5) is 0. The molecule has 2 unspecified atom stereocenters. The second kappa shape index (κ2) is 5.13. The summed E-state index contributed by atoms with van der Waals surface area (Å²) in [5, 5.41) is 20.1. The Morgan fingerprint density at radius 3 is 1.93 bits per heavy atom. The van der Waals surface area contributed by atoms with E-state index in [9.17, 15) is 10.2 Å². The molecule has 0 fully saturated rings. The van der Waals surface area contributed by atoms with Gasteiger partial charge in [0.1, 0.15) is 0 Å². The lowest BCUT2D eigenvalue weighted by atomic mass is 9.68. The first kappa shape index (κ1) is 13.9. The summed E-state index contributed by atoms with van der Waals surface area (Å²) in [5.74, 6) is 0. The van der Waals surface area contributed by atoms with Crippen LogP contribution in [0.2, 0.25) is 0 Å². The molecular formula is C12H26O2. The molecule has 0 aromatic carbocycles.